The maximum atomic E-state index is 13.5. The van der Waals surface area contributed by atoms with Crippen LogP contribution in [0.25, 0.3) is 0 Å². The molecule has 114 valence electrons. The van der Waals surface area contributed by atoms with Crippen LogP contribution in [0.1, 0.15) is 33.3 Å². The molecule has 20 heavy (non-hydrogen) atoms. The van der Waals surface area contributed by atoms with E-state index in [4.69, 9.17) is 22.2 Å². The van der Waals surface area contributed by atoms with Gasteiger partial charge in [0.1, 0.15) is 5.82 Å². The lowest BCUT2D eigenvalue weighted by Crippen LogP contribution is -2.52. The summed E-state index contributed by atoms with van der Waals surface area (Å²) in [5.74, 6) is 5.25. The first-order chi connectivity index (χ1) is 9.29. The molecule has 0 aliphatic heterocycles. The zero-order chi connectivity index (χ0) is 15.3. The van der Waals surface area contributed by atoms with Crippen molar-refractivity contribution in [2.24, 2.45) is 11.3 Å². The second-order valence-electron chi connectivity index (χ2n) is 5.97. The summed E-state index contributed by atoms with van der Waals surface area (Å²) in [4.78, 5) is 0. The minimum Gasteiger partial charge on any atom is -0.376 e. The highest BCUT2D eigenvalue weighted by molar-refractivity contribution is 6.30. The van der Waals surface area contributed by atoms with Gasteiger partial charge < -0.3 is 4.74 Å². The Hall–Kier alpha value is -0.680. The Morgan fingerprint density at radius 1 is 1.40 bits per heavy atom. The lowest BCUT2D eigenvalue weighted by Gasteiger charge is -2.36. The third-order valence-corrected chi connectivity index (χ3v) is 3.53. The van der Waals surface area contributed by atoms with Crippen molar-refractivity contribution >= 4 is 11.6 Å². The van der Waals surface area contributed by atoms with Gasteiger partial charge in [0.15, 0.2) is 0 Å². The molecule has 0 saturated heterocycles. The Morgan fingerprint density at radius 2 is 2.05 bits per heavy atom. The molecule has 0 fully saturated rings. The topological polar surface area (TPSA) is 47.3 Å². The van der Waals surface area contributed by atoms with Crippen LogP contribution < -0.4 is 11.3 Å². The Balaban J connectivity index is 2.91. The number of halogens is 2. The number of nitrogens with two attached hydrogens (primary N) is 1. The predicted octanol–water partition coefficient (Wildman–Crippen LogP) is 3.30. The molecule has 2 atom stereocenters. The summed E-state index contributed by atoms with van der Waals surface area (Å²) in [6, 6.07) is 4.71. The Kier molecular flexibility index (Phi) is 6.40. The second-order valence-corrected chi connectivity index (χ2v) is 6.37. The second kappa shape index (κ2) is 7.36. The average molecular weight is 303 g/mol. The fourth-order valence-corrected chi connectivity index (χ4v) is 2.44. The van der Waals surface area contributed by atoms with Crippen molar-refractivity contribution in [3.8, 4) is 0 Å². The molecule has 0 aliphatic carbocycles. The minimum atomic E-state index is -0.413. The van der Waals surface area contributed by atoms with E-state index in [0.717, 1.165) is 5.56 Å². The Labute approximate surface area is 125 Å². The molecule has 3 N–H and O–H groups in total. The average Bonchev–Trinajstić information content (AvgIpc) is 2.36. The highest BCUT2D eigenvalue weighted by Gasteiger charge is 2.32. The molecular weight excluding hydrogens is 279 g/mol. The summed E-state index contributed by atoms with van der Waals surface area (Å²) in [5, 5.41) is 0.128. The van der Waals surface area contributed by atoms with E-state index in [1.165, 1.54) is 6.07 Å². The monoisotopic (exact) mass is 302 g/mol. The molecule has 1 aromatic carbocycles. The molecule has 2 unspecified atom stereocenters. The SMILES string of the molecule is CCOC(C(Cc1ccc(Cl)c(F)c1)NN)C(C)(C)C. The third kappa shape index (κ3) is 4.70. The van der Waals surface area contributed by atoms with E-state index in [1.807, 2.05) is 6.92 Å². The molecule has 0 amide bonds. The van der Waals surface area contributed by atoms with Gasteiger partial charge in [0.25, 0.3) is 0 Å². The van der Waals surface area contributed by atoms with E-state index in [9.17, 15) is 4.39 Å². The number of ether oxygens (including phenoxy) is 1. The highest BCUT2D eigenvalue weighted by atomic mass is 35.5. The lowest BCUT2D eigenvalue weighted by atomic mass is 9.82. The van der Waals surface area contributed by atoms with Crippen molar-refractivity contribution in [3.63, 3.8) is 0 Å². The van der Waals surface area contributed by atoms with Crippen LogP contribution >= 0.6 is 11.6 Å². The van der Waals surface area contributed by atoms with Crippen molar-refractivity contribution in [1.29, 1.82) is 0 Å². The van der Waals surface area contributed by atoms with Gasteiger partial charge in [-0.15, -0.1) is 0 Å². The fraction of sp³-hybridized carbons (Fsp3) is 0.600. The van der Waals surface area contributed by atoms with Crippen LogP contribution in [-0.4, -0.2) is 18.8 Å². The molecule has 3 nitrogen and oxygen atoms in total. The van der Waals surface area contributed by atoms with Gasteiger partial charge in [0, 0.05) is 6.61 Å². The van der Waals surface area contributed by atoms with E-state index in [1.54, 1.807) is 12.1 Å². The van der Waals surface area contributed by atoms with Crippen LogP contribution in [0.5, 0.6) is 0 Å². The first-order valence-electron chi connectivity index (χ1n) is 6.81. The zero-order valence-electron chi connectivity index (χ0n) is 12.5. The van der Waals surface area contributed by atoms with Gasteiger partial charge >= 0.3 is 0 Å². The van der Waals surface area contributed by atoms with Crippen LogP contribution in [0.4, 0.5) is 4.39 Å². The Bertz CT molecular complexity index is 434. The molecule has 5 heteroatoms. The number of benzene rings is 1. The molecule has 0 spiro atoms. The first kappa shape index (κ1) is 17.4. The summed E-state index contributed by atoms with van der Waals surface area (Å²) >= 11 is 5.70. The summed E-state index contributed by atoms with van der Waals surface area (Å²) in [6.45, 7) is 8.85. The zero-order valence-corrected chi connectivity index (χ0v) is 13.3. The van der Waals surface area contributed by atoms with E-state index < -0.39 is 5.82 Å². The molecule has 0 aliphatic rings. The quantitative estimate of drug-likeness (QED) is 0.626. The van der Waals surface area contributed by atoms with Crippen molar-refractivity contribution in [2.45, 2.75) is 46.3 Å². The predicted molar refractivity (Wildman–Crippen MR) is 81.1 cm³/mol. The van der Waals surface area contributed by atoms with E-state index >= 15 is 0 Å². The smallest absolute Gasteiger partial charge is 0.142 e. The van der Waals surface area contributed by atoms with Crippen molar-refractivity contribution in [2.75, 3.05) is 6.61 Å². The Morgan fingerprint density at radius 3 is 2.50 bits per heavy atom. The van der Waals surface area contributed by atoms with Crippen molar-refractivity contribution in [1.82, 2.24) is 5.43 Å². The molecule has 0 radical (unpaired) electrons. The molecule has 0 aromatic heterocycles. The van der Waals surface area contributed by atoms with Gasteiger partial charge in [-0.1, -0.05) is 38.4 Å². The van der Waals surface area contributed by atoms with Crippen LogP contribution in [0, 0.1) is 11.2 Å². The molecule has 1 aromatic rings. The summed E-state index contributed by atoms with van der Waals surface area (Å²) in [6.07, 6.45) is 0.503. The number of rotatable bonds is 6. The molecular formula is C15H24ClFN2O. The van der Waals surface area contributed by atoms with Gasteiger partial charge in [-0.25, -0.2) is 4.39 Å². The summed E-state index contributed by atoms with van der Waals surface area (Å²) < 4.78 is 19.3. The molecule has 1 rings (SSSR count). The standard InChI is InChI=1S/C15H24ClFN2O/c1-5-20-14(15(2,3)4)13(19-18)9-10-6-7-11(16)12(17)8-10/h6-8,13-14,19H,5,9,18H2,1-4H3. The lowest BCUT2D eigenvalue weighted by molar-refractivity contribution is -0.0356. The maximum Gasteiger partial charge on any atom is 0.142 e. The largest absolute Gasteiger partial charge is 0.376 e. The van der Waals surface area contributed by atoms with E-state index in [2.05, 4.69) is 26.2 Å². The number of nitrogens with one attached hydrogen (secondary N) is 1. The normalized spacial score (nSPS) is 15.2. The van der Waals surface area contributed by atoms with E-state index in [0.29, 0.717) is 13.0 Å². The van der Waals surface area contributed by atoms with Gasteiger partial charge in [0.05, 0.1) is 17.2 Å². The van der Waals surface area contributed by atoms with Crippen molar-refractivity contribution in [3.05, 3.63) is 34.6 Å². The summed E-state index contributed by atoms with van der Waals surface area (Å²) in [7, 11) is 0. The van der Waals surface area contributed by atoms with E-state index in [-0.39, 0.29) is 22.6 Å². The summed E-state index contributed by atoms with van der Waals surface area (Å²) in [5.41, 5.74) is 3.56. The van der Waals surface area contributed by atoms with Crippen LogP contribution in [0.3, 0.4) is 0 Å². The highest BCUT2D eigenvalue weighted by Crippen LogP contribution is 2.27. The van der Waals surface area contributed by atoms with Gasteiger partial charge in [-0.3, -0.25) is 11.3 Å². The number of hydrazine groups is 1. The van der Waals surface area contributed by atoms with Crippen LogP contribution in [-0.2, 0) is 11.2 Å². The number of hydrogen-bond donors (Lipinski definition) is 2. The third-order valence-electron chi connectivity index (χ3n) is 3.22. The van der Waals surface area contributed by atoms with Gasteiger partial charge in [-0.05, 0) is 36.5 Å². The number of hydrogen-bond acceptors (Lipinski definition) is 3. The molecule has 0 saturated carbocycles. The van der Waals surface area contributed by atoms with Crippen molar-refractivity contribution < 1.29 is 9.13 Å². The first-order valence-corrected chi connectivity index (χ1v) is 7.19. The van der Waals surface area contributed by atoms with Crippen LogP contribution in [0.2, 0.25) is 5.02 Å². The molecule has 0 heterocycles. The molecule has 0 bridgehead atoms. The fourth-order valence-electron chi connectivity index (χ4n) is 2.32. The maximum absolute atomic E-state index is 13.5. The minimum absolute atomic E-state index is 0.0714. The van der Waals surface area contributed by atoms with Gasteiger partial charge in [0.2, 0.25) is 0 Å². The van der Waals surface area contributed by atoms with Crippen LogP contribution in [0.15, 0.2) is 18.2 Å². The van der Waals surface area contributed by atoms with Gasteiger partial charge in [-0.2, -0.15) is 0 Å².